The summed E-state index contributed by atoms with van der Waals surface area (Å²) in [4.78, 5) is 19.6. The molecule has 0 unspecified atom stereocenters. The summed E-state index contributed by atoms with van der Waals surface area (Å²) in [6.07, 6.45) is 1.84. The van der Waals surface area contributed by atoms with E-state index in [2.05, 4.69) is 4.98 Å². The van der Waals surface area contributed by atoms with Crippen LogP contribution < -0.4 is 0 Å². The van der Waals surface area contributed by atoms with Gasteiger partial charge in [-0.15, -0.1) is 0 Å². The molecule has 198 valence electrons. The van der Waals surface area contributed by atoms with Crippen molar-refractivity contribution in [2.75, 3.05) is 0 Å². The molecule has 6 nitrogen and oxygen atoms in total. The van der Waals surface area contributed by atoms with Gasteiger partial charge in [0.2, 0.25) is 11.8 Å². The molecule has 1 heterocycles. The molecular formula is C27H29F3N2O4S. The van der Waals surface area contributed by atoms with Crippen LogP contribution in [0.4, 0.5) is 13.2 Å². The van der Waals surface area contributed by atoms with Crippen LogP contribution in [0.1, 0.15) is 56.1 Å². The van der Waals surface area contributed by atoms with Crippen LogP contribution >= 0.6 is 0 Å². The van der Waals surface area contributed by atoms with Crippen LogP contribution in [-0.2, 0) is 21.2 Å². The van der Waals surface area contributed by atoms with Gasteiger partial charge in [-0.2, -0.15) is 0 Å². The van der Waals surface area contributed by atoms with Gasteiger partial charge >= 0.3 is 0 Å². The Bertz CT molecular complexity index is 1390. The number of oxazole rings is 1. The molecule has 1 aromatic heterocycles. The Kier molecular flexibility index (Phi) is 6.81. The van der Waals surface area contributed by atoms with Gasteiger partial charge in [-0.3, -0.25) is 4.79 Å². The SMILES string of the molecule is Cc1ccc(S(=O)(=O)[C@@H]2CCC[C@H]2C(=O)N(Cc2cc3ncoc3cc2F)C2CCC(F)(F)CC2)cc1. The molecule has 1 amide bonds. The molecule has 0 aliphatic heterocycles. The maximum Gasteiger partial charge on any atom is 0.248 e. The lowest BCUT2D eigenvalue weighted by Crippen LogP contribution is -2.48. The normalized spacial score (nSPS) is 22.4. The van der Waals surface area contributed by atoms with Crippen LogP contribution in [0.15, 0.2) is 52.1 Å². The third kappa shape index (κ3) is 5.12. The molecule has 0 bridgehead atoms. The van der Waals surface area contributed by atoms with Crippen molar-refractivity contribution in [2.45, 2.75) is 80.5 Å². The van der Waals surface area contributed by atoms with Gasteiger partial charge in [-0.05, 0) is 50.8 Å². The molecule has 0 saturated heterocycles. The zero-order valence-electron chi connectivity index (χ0n) is 20.5. The highest BCUT2D eigenvalue weighted by Gasteiger charge is 2.46. The van der Waals surface area contributed by atoms with Gasteiger partial charge in [0, 0.05) is 37.1 Å². The number of halogens is 3. The Morgan fingerprint density at radius 1 is 1.11 bits per heavy atom. The van der Waals surface area contributed by atoms with Crippen molar-refractivity contribution >= 4 is 26.8 Å². The second-order valence-electron chi connectivity index (χ2n) is 10.3. The first-order valence-corrected chi connectivity index (χ1v) is 14.1. The highest BCUT2D eigenvalue weighted by Crippen LogP contribution is 2.40. The molecule has 2 aromatic carbocycles. The first kappa shape index (κ1) is 25.8. The summed E-state index contributed by atoms with van der Waals surface area (Å²) in [5.74, 6) is -4.65. The molecule has 10 heteroatoms. The van der Waals surface area contributed by atoms with Gasteiger partial charge in [-0.1, -0.05) is 24.1 Å². The third-order valence-electron chi connectivity index (χ3n) is 7.77. The maximum absolute atomic E-state index is 15.0. The molecule has 0 radical (unpaired) electrons. The first-order chi connectivity index (χ1) is 17.5. The Balaban J connectivity index is 1.47. The average molecular weight is 535 g/mol. The van der Waals surface area contributed by atoms with Crippen molar-refractivity contribution in [3.05, 3.63) is 59.7 Å². The number of sulfone groups is 1. The van der Waals surface area contributed by atoms with Crippen LogP contribution in [0.5, 0.6) is 0 Å². The summed E-state index contributed by atoms with van der Waals surface area (Å²) in [5.41, 5.74) is 1.78. The van der Waals surface area contributed by atoms with E-state index in [0.29, 0.717) is 24.8 Å². The summed E-state index contributed by atoms with van der Waals surface area (Å²) in [5, 5.41) is -0.918. The van der Waals surface area contributed by atoms with Crippen LogP contribution in [0.25, 0.3) is 11.1 Å². The van der Waals surface area contributed by atoms with E-state index < -0.39 is 44.7 Å². The van der Waals surface area contributed by atoms with E-state index in [1.54, 1.807) is 24.3 Å². The number of carbonyl (C=O) groups excluding carboxylic acids is 1. The van der Waals surface area contributed by atoms with Crippen molar-refractivity contribution in [1.29, 1.82) is 0 Å². The largest absolute Gasteiger partial charge is 0.443 e. The summed E-state index contributed by atoms with van der Waals surface area (Å²) < 4.78 is 75.1. The van der Waals surface area contributed by atoms with Gasteiger partial charge in [0.25, 0.3) is 0 Å². The van der Waals surface area contributed by atoms with E-state index in [4.69, 9.17) is 4.42 Å². The number of hydrogen-bond donors (Lipinski definition) is 0. The number of hydrogen-bond acceptors (Lipinski definition) is 5. The third-order valence-corrected chi connectivity index (χ3v) is 10.1. The van der Waals surface area contributed by atoms with Crippen LogP contribution in [0.3, 0.4) is 0 Å². The summed E-state index contributed by atoms with van der Waals surface area (Å²) in [7, 11) is -3.80. The van der Waals surface area contributed by atoms with Gasteiger partial charge in [0.1, 0.15) is 11.3 Å². The smallest absolute Gasteiger partial charge is 0.248 e. The standard InChI is InChI=1S/C27H29F3N2O4S/c1-17-5-7-20(8-6-17)37(34,35)25-4-2-3-21(25)26(33)32(19-9-11-27(29,30)12-10-19)15-18-13-23-24(14-22(18)28)36-16-31-23/h5-8,13-14,16,19,21,25H,2-4,9-12,15H2,1H3/t21-,25-/m1/s1. The topological polar surface area (TPSA) is 80.5 Å². The van der Waals surface area contributed by atoms with E-state index in [0.717, 1.165) is 5.56 Å². The summed E-state index contributed by atoms with van der Waals surface area (Å²) in [6, 6.07) is 8.67. The Labute approximate surface area is 213 Å². The fraction of sp³-hybridized carbons (Fsp3) is 0.481. The fourth-order valence-corrected chi connectivity index (χ4v) is 7.67. The number of aromatic nitrogens is 1. The lowest BCUT2D eigenvalue weighted by molar-refractivity contribution is -0.141. The van der Waals surface area contributed by atoms with E-state index in [9.17, 15) is 26.4 Å². The van der Waals surface area contributed by atoms with E-state index in [1.807, 2.05) is 6.92 Å². The molecule has 0 spiro atoms. The van der Waals surface area contributed by atoms with Crippen molar-refractivity contribution in [3.63, 3.8) is 0 Å². The minimum atomic E-state index is -3.80. The van der Waals surface area contributed by atoms with Crippen molar-refractivity contribution in [1.82, 2.24) is 9.88 Å². The number of benzene rings is 2. The maximum atomic E-state index is 15.0. The number of fused-ring (bicyclic) bond motifs is 1. The molecule has 37 heavy (non-hydrogen) atoms. The Hall–Kier alpha value is -2.88. The minimum Gasteiger partial charge on any atom is -0.443 e. The summed E-state index contributed by atoms with van der Waals surface area (Å²) >= 11 is 0. The quantitative estimate of drug-likeness (QED) is 0.398. The van der Waals surface area contributed by atoms with Gasteiger partial charge in [0.05, 0.1) is 16.1 Å². The average Bonchev–Trinajstić information content (AvgIpc) is 3.53. The Morgan fingerprint density at radius 3 is 2.51 bits per heavy atom. The van der Waals surface area contributed by atoms with E-state index >= 15 is 0 Å². The van der Waals surface area contributed by atoms with E-state index in [-0.39, 0.29) is 48.3 Å². The van der Waals surface area contributed by atoms with Crippen molar-refractivity contribution in [3.8, 4) is 0 Å². The van der Waals surface area contributed by atoms with Crippen LogP contribution in [0, 0.1) is 18.7 Å². The molecule has 0 N–H and O–H groups in total. The minimum absolute atomic E-state index is 0.0641. The van der Waals surface area contributed by atoms with Gasteiger partial charge < -0.3 is 9.32 Å². The fourth-order valence-electron chi connectivity index (χ4n) is 5.65. The number of alkyl halides is 2. The molecule has 2 fully saturated rings. The molecule has 2 aliphatic rings. The monoisotopic (exact) mass is 534 g/mol. The lowest BCUT2D eigenvalue weighted by atomic mass is 9.89. The zero-order valence-corrected chi connectivity index (χ0v) is 21.3. The highest BCUT2D eigenvalue weighted by molar-refractivity contribution is 7.92. The number of carbonyl (C=O) groups is 1. The molecule has 5 rings (SSSR count). The molecule has 2 atom stereocenters. The predicted molar refractivity (Wildman–Crippen MR) is 131 cm³/mol. The van der Waals surface area contributed by atoms with Crippen LogP contribution in [0.2, 0.25) is 0 Å². The second kappa shape index (κ2) is 9.78. The van der Waals surface area contributed by atoms with E-state index in [1.165, 1.54) is 23.4 Å². The highest BCUT2D eigenvalue weighted by atomic mass is 32.2. The summed E-state index contributed by atoms with van der Waals surface area (Å²) in [6.45, 7) is 1.71. The number of nitrogens with zero attached hydrogens (tertiary/aromatic N) is 2. The molecule has 2 aliphatic carbocycles. The first-order valence-electron chi connectivity index (χ1n) is 12.6. The Morgan fingerprint density at radius 2 is 1.81 bits per heavy atom. The lowest BCUT2D eigenvalue weighted by Gasteiger charge is -2.39. The molecule has 2 saturated carbocycles. The molecular weight excluding hydrogens is 505 g/mol. The number of amides is 1. The number of rotatable bonds is 6. The molecule has 3 aromatic rings. The van der Waals surface area contributed by atoms with Crippen molar-refractivity contribution < 1.29 is 30.8 Å². The number of aryl methyl sites for hydroxylation is 1. The van der Waals surface area contributed by atoms with Crippen LogP contribution in [-0.4, -0.2) is 41.4 Å². The second-order valence-corrected chi connectivity index (χ2v) is 12.4. The zero-order chi connectivity index (χ0) is 26.4. The van der Waals surface area contributed by atoms with Crippen molar-refractivity contribution in [2.24, 2.45) is 5.92 Å². The predicted octanol–water partition coefficient (Wildman–Crippen LogP) is 5.82. The van der Waals surface area contributed by atoms with Gasteiger partial charge in [0.15, 0.2) is 21.8 Å². The van der Waals surface area contributed by atoms with Gasteiger partial charge in [-0.25, -0.2) is 26.6 Å².